The molecule has 0 unspecified atom stereocenters. The van der Waals surface area contributed by atoms with Crippen molar-refractivity contribution in [3.05, 3.63) is 0 Å². The van der Waals surface area contributed by atoms with Gasteiger partial charge >= 0.3 is 23.1 Å². The second-order valence-electron chi connectivity index (χ2n) is 0. The number of hydrogen-bond donors (Lipinski definition) is 0. The molecule has 0 amide bonds. The third-order valence-corrected chi connectivity index (χ3v) is 0. The fourth-order valence-corrected chi connectivity index (χ4v) is 0. The van der Waals surface area contributed by atoms with Crippen LogP contribution in [0.2, 0.25) is 0 Å². The molecule has 24 N–H and O–H groups in total. The van der Waals surface area contributed by atoms with Crippen molar-refractivity contribution in [1.82, 2.24) is 0 Å². The molecule has 0 radical (unpaired) electrons. The average Bonchev–Trinajstić information content (AvgIpc) is 0. The Bertz CT molecular complexity index is 13.6. The molecule has 15 heavy (non-hydrogen) atoms. The van der Waals surface area contributed by atoms with E-state index in [1.165, 1.54) is 0 Å². The Morgan fingerprint density at radius 1 is 0.200 bits per heavy atom. The van der Waals surface area contributed by atoms with E-state index >= 15 is 0 Å². The molecule has 0 aromatic rings. The van der Waals surface area contributed by atoms with Crippen molar-refractivity contribution in [1.29, 1.82) is 0 Å². The Kier molecular flexibility index (Phi) is 1190000. The number of rotatable bonds is 0. The summed E-state index contributed by atoms with van der Waals surface area (Å²) in [4.78, 5) is 0. The van der Waals surface area contributed by atoms with Crippen molar-refractivity contribution in [2.24, 2.45) is 0 Å². The zero-order valence-electron chi connectivity index (χ0n) is 7.46. The smallest absolute Gasteiger partial charge is 1.00 e. The van der Waals surface area contributed by atoms with Crippen molar-refractivity contribution < 1.29 is 90.5 Å². The van der Waals surface area contributed by atoms with Crippen LogP contribution in [0.25, 0.3) is 0 Å². The van der Waals surface area contributed by atoms with E-state index in [0.29, 0.717) is 0 Å². The first-order valence-corrected chi connectivity index (χ1v) is 0. The van der Waals surface area contributed by atoms with Crippen LogP contribution in [0, 0.1) is 0 Å². The Hall–Kier alpha value is 0.866. The topological polar surface area (TPSA) is 378 Å². The van der Waals surface area contributed by atoms with Crippen LogP contribution < -0.4 is 24.8 Å². The SMILES string of the molecule is O.O.O.O.O.O.O.O.O.O.O.O.[Cl-].[Cl-].[Mg+2]. The van der Waals surface area contributed by atoms with E-state index in [1.807, 2.05) is 0 Å². The zero-order valence-corrected chi connectivity index (χ0v) is 10.4. The van der Waals surface area contributed by atoms with Crippen molar-refractivity contribution in [3.8, 4) is 0 Å². The first-order chi connectivity index (χ1) is 0. The summed E-state index contributed by atoms with van der Waals surface area (Å²) in [6.45, 7) is 0. The van der Waals surface area contributed by atoms with E-state index < -0.39 is 0 Å². The molecule has 0 aliphatic carbocycles. The number of halogens is 2. The Labute approximate surface area is 114 Å². The van der Waals surface area contributed by atoms with E-state index in [4.69, 9.17) is 0 Å². The van der Waals surface area contributed by atoms with E-state index in [-0.39, 0.29) is 114 Å². The van der Waals surface area contributed by atoms with Crippen LogP contribution in [-0.2, 0) is 0 Å². The van der Waals surface area contributed by atoms with Gasteiger partial charge in [-0.15, -0.1) is 0 Å². The predicted octanol–water partition coefficient (Wildman–Crippen LogP) is -16.3. The normalized spacial score (nSPS) is 0. The van der Waals surface area contributed by atoms with Crippen LogP contribution >= 0.6 is 0 Å². The van der Waals surface area contributed by atoms with Crippen LogP contribution in [0.5, 0.6) is 0 Å². The largest absolute Gasteiger partial charge is 2.00 e. The average molecular weight is 311 g/mol. The fraction of sp³-hybridized carbons (Fsp3) is 0. The summed E-state index contributed by atoms with van der Waals surface area (Å²) in [5.74, 6) is 0. The van der Waals surface area contributed by atoms with Gasteiger partial charge in [0.2, 0.25) is 0 Å². The van der Waals surface area contributed by atoms with E-state index in [1.54, 1.807) is 0 Å². The summed E-state index contributed by atoms with van der Waals surface area (Å²) >= 11 is 0. The van der Waals surface area contributed by atoms with Gasteiger partial charge in [-0.1, -0.05) is 0 Å². The summed E-state index contributed by atoms with van der Waals surface area (Å²) in [5, 5.41) is 0. The summed E-state index contributed by atoms with van der Waals surface area (Å²) < 4.78 is 0. The molecule has 0 aromatic carbocycles. The molecule has 0 atom stereocenters. The molecular weight excluding hydrogens is 287 g/mol. The van der Waals surface area contributed by atoms with Crippen molar-refractivity contribution in [2.75, 3.05) is 0 Å². The predicted molar refractivity (Wildman–Crippen MR) is 49.1 cm³/mol. The molecule has 0 aromatic heterocycles. The molecular formula is H24Cl2MgO12. The third kappa shape index (κ3) is 3280. The maximum atomic E-state index is 0. The minimum Gasteiger partial charge on any atom is -1.00 e. The second-order valence-corrected chi connectivity index (χ2v) is 0. The van der Waals surface area contributed by atoms with E-state index in [2.05, 4.69) is 0 Å². The van der Waals surface area contributed by atoms with Gasteiger partial charge in [0.15, 0.2) is 0 Å². The van der Waals surface area contributed by atoms with Crippen LogP contribution in [0.3, 0.4) is 0 Å². The molecule has 0 aliphatic rings. The summed E-state index contributed by atoms with van der Waals surface area (Å²) in [6, 6.07) is 0. The van der Waals surface area contributed by atoms with E-state index in [9.17, 15) is 0 Å². The fourth-order valence-electron chi connectivity index (χ4n) is 0. The molecule has 0 rings (SSSR count). The summed E-state index contributed by atoms with van der Waals surface area (Å²) in [7, 11) is 0. The van der Waals surface area contributed by atoms with Crippen molar-refractivity contribution in [2.45, 2.75) is 0 Å². The van der Waals surface area contributed by atoms with Gasteiger partial charge in [-0.05, 0) is 0 Å². The molecule has 112 valence electrons. The van der Waals surface area contributed by atoms with Crippen LogP contribution in [-0.4, -0.2) is 88.8 Å². The maximum Gasteiger partial charge on any atom is 2.00 e. The minimum atomic E-state index is 0. The molecule has 0 bridgehead atoms. The molecule has 15 heteroatoms. The standard InChI is InChI=1S/2ClH.Mg.12H2O/h2*1H;;12*1H2/q;;+2;;;;;;;;;;;;/p-2. The van der Waals surface area contributed by atoms with Gasteiger partial charge in [0.1, 0.15) is 0 Å². The zero-order chi connectivity index (χ0) is 0. The molecule has 0 fully saturated rings. The quantitative estimate of drug-likeness (QED) is 0.375. The van der Waals surface area contributed by atoms with Crippen LogP contribution in [0.15, 0.2) is 0 Å². The van der Waals surface area contributed by atoms with Gasteiger partial charge in [-0.25, -0.2) is 0 Å². The van der Waals surface area contributed by atoms with Crippen molar-refractivity contribution >= 4 is 23.1 Å². The van der Waals surface area contributed by atoms with Gasteiger partial charge in [0, 0.05) is 0 Å². The maximum absolute atomic E-state index is 0. The second kappa shape index (κ2) is 3810. The first-order valence-electron chi connectivity index (χ1n) is 0. The van der Waals surface area contributed by atoms with Gasteiger partial charge in [-0.3, -0.25) is 0 Å². The number of hydrogen-bond acceptors (Lipinski definition) is 0. The third-order valence-electron chi connectivity index (χ3n) is 0. The molecule has 0 heterocycles. The van der Waals surface area contributed by atoms with E-state index in [0.717, 1.165) is 0 Å². The van der Waals surface area contributed by atoms with Gasteiger partial charge in [0.05, 0.1) is 0 Å². The van der Waals surface area contributed by atoms with Crippen LogP contribution in [0.4, 0.5) is 0 Å². The molecule has 0 aliphatic heterocycles. The van der Waals surface area contributed by atoms with Gasteiger partial charge in [-0.2, -0.15) is 0 Å². The Balaban J connectivity index is 0. The van der Waals surface area contributed by atoms with Gasteiger partial charge < -0.3 is 90.5 Å². The molecule has 0 spiro atoms. The first kappa shape index (κ1) is 4670. The Morgan fingerprint density at radius 2 is 0.200 bits per heavy atom. The molecule has 12 nitrogen and oxygen atoms in total. The van der Waals surface area contributed by atoms with Crippen LogP contribution in [0.1, 0.15) is 0 Å². The van der Waals surface area contributed by atoms with Gasteiger partial charge in [0.25, 0.3) is 0 Å². The summed E-state index contributed by atoms with van der Waals surface area (Å²) in [6.07, 6.45) is 0. The Morgan fingerprint density at radius 3 is 0.200 bits per heavy atom. The molecule has 0 saturated carbocycles. The molecule has 0 saturated heterocycles. The monoisotopic (exact) mass is 310 g/mol. The minimum absolute atomic E-state index is 0. The van der Waals surface area contributed by atoms with Crippen molar-refractivity contribution in [3.63, 3.8) is 0 Å². The summed E-state index contributed by atoms with van der Waals surface area (Å²) in [5.41, 5.74) is 0.